The summed E-state index contributed by atoms with van der Waals surface area (Å²) in [5.41, 5.74) is 1.70. The highest BCUT2D eigenvalue weighted by Gasteiger charge is 2.12. The van der Waals surface area contributed by atoms with Crippen molar-refractivity contribution in [1.82, 2.24) is 19.7 Å². The number of hydrogen-bond donors (Lipinski definition) is 2. The van der Waals surface area contributed by atoms with Gasteiger partial charge in [0.15, 0.2) is 5.65 Å². The van der Waals surface area contributed by atoms with Crippen LogP contribution in [-0.4, -0.2) is 37.5 Å². The molecule has 0 aliphatic carbocycles. The monoisotopic (exact) mass is 283 g/mol. The standard InChI is InChI=1S/C15H17N5O/c1-10(21)8-16-14-13-9-17-20(12-6-4-3-5-7-12)15(13)19-11(2)18-14/h3-7,9-10,21H,8H2,1-2H3,(H,16,18,19). The van der Waals surface area contributed by atoms with Gasteiger partial charge in [0.2, 0.25) is 0 Å². The minimum absolute atomic E-state index is 0.433. The van der Waals surface area contributed by atoms with E-state index < -0.39 is 6.10 Å². The van der Waals surface area contributed by atoms with Crippen LogP contribution in [0.4, 0.5) is 5.82 Å². The molecule has 0 aliphatic rings. The van der Waals surface area contributed by atoms with Crippen LogP contribution in [0, 0.1) is 6.92 Å². The molecule has 21 heavy (non-hydrogen) atoms. The smallest absolute Gasteiger partial charge is 0.168 e. The maximum absolute atomic E-state index is 9.41. The van der Waals surface area contributed by atoms with Gasteiger partial charge in [0.05, 0.1) is 23.4 Å². The molecule has 0 saturated carbocycles. The third-order valence-electron chi connectivity index (χ3n) is 3.11. The van der Waals surface area contributed by atoms with E-state index in [9.17, 15) is 5.11 Å². The molecule has 3 rings (SSSR count). The average Bonchev–Trinajstić information content (AvgIpc) is 2.89. The molecular weight excluding hydrogens is 266 g/mol. The van der Waals surface area contributed by atoms with E-state index in [1.165, 1.54) is 0 Å². The first-order chi connectivity index (χ1) is 10.1. The Morgan fingerprint density at radius 3 is 2.71 bits per heavy atom. The molecule has 0 bridgehead atoms. The summed E-state index contributed by atoms with van der Waals surface area (Å²) in [6, 6.07) is 9.84. The lowest BCUT2D eigenvalue weighted by atomic mass is 10.3. The Hall–Kier alpha value is -2.47. The third kappa shape index (κ3) is 2.71. The lowest BCUT2D eigenvalue weighted by molar-refractivity contribution is 0.208. The summed E-state index contributed by atoms with van der Waals surface area (Å²) in [6.45, 7) is 4.00. The van der Waals surface area contributed by atoms with Crippen LogP contribution in [0.5, 0.6) is 0 Å². The minimum atomic E-state index is -0.445. The highest BCUT2D eigenvalue weighted by Crippen LogP contribution is 2.22. The van der Waals surface area contributed by atoms with E-state index in [1.54, 1.807) is 17.8 Å². The second-order valence-corrected chi connectivity index (χ2v) is 4.98. The number of aliphatic hydroxyl groups excluding tert-OH is 1. The van der Waals surface area contributed by atoms with Crippen molar-refractivity contribution in [3.05, 3.63) is 42.4 Å². The SMILES string of the molecule is Cc1nc(NCC(C)O)c2cnn(-c3ccccc3)c2n1. The number of hydrogen-bond acceptors (Lipinski definition) is 5. The van der Waals surface area contributed by atoms with Crippen LogP contribution in [0.15, 0.2) is 36.5 Å². The summed E-state index contributed by atoms with van der Waals surface area (Å²) in [5.74, 6) is 1.36. The molecule has 0 radical (unpaired) electrons. The molecule has 1 aromatic carbocycles. The lowest BCUT2D eigenvalue weighted by Gasteiger charge is -2.09. The van der Waals surface area contributed by atoms with Gasteiger partial charge >= 0.3 is 0 Å². The Morgan fingerprint density at radius 1 is 1.24 bits per heavy atom. The molecule has 108 valence electrons. The van der Waals surface area contributed by atoms with Gasteiger partial charge in [-0.3, -0.25) is 0 Å². The van der Waals surface area contributed by atoms with Crippen molar-refractivity contribution in [3.8, 4) is 5.69 Å². The second kappa shape index (κ2) is 5.49. The van der Waals surface area contributed by atoms with Crippen molar-refractivity contribution in [2.45, 2.75) is 20.0 Å². The number of para-hydroxylation sites is 1. The number of aromatic nitrogens is 4. The quantitative estimate of drug-likeness (QED) is 0.765. The first kappa shape index (κ1) is 13.5. The largest absolute Gasteiger partial charge is 0.392 e. The van der Waals surface area contributed by atoms with E-state index in [-0.39, 0.29) is 0 Å². The zero-order chi connectivity index (χ0) is 14.8. The normalized spacial score (nSPS) is 12.5. The predicted molar refractivity (Wildman–Crippen MR) is 81.6 cm³/mol. The number of aliphatic hydroxyl groups is 1. The van der Waals surface area contributed by atoms with Gasteiger partial charge < -0.3 is 10.4 Å². The van der Waals surface area contributed by atoms with Gasteiger partial charge in [0, 0.05) is 6.54 Å². The molecule has 0 amide bonds. The van der Waals surface area contributed by atoms with E-state index in [0.29, 0.717) is 18.2 Å². The number of benzene rings is 1. The van der Waals surface area contributed by atoms with Gasteiger partial charge in [-0.1, -0.05) is 18.2 Å². The number of nitrogens with one attached hydrogen (secondary N) is 1. The first-order valence-corrected chi connectivity index (χ1v) is 6.85. The van der Waals surface area contributed by atoms with Crippen LogP contribution < -0.4 is 5.32 Å². The van der Waals surface area contributed by atoms with Gasteiger partial charge in [-0.25, -0.2) is 14.6 Å². The summed E-state index contributed by atoms with van der Waals surface area (Å²) in [6.07, 6.45) is 1.30. The fourth-order valence-electron chi connectivity index (χ4n) is 2.15. The minimum Gasteiger partial charge on any atom is -0.392 e. The highest BCUT2D eigenvalue weighted by molar-refractivity contribution is 5.87. The fourth-order valence-corrected chi connectivity index (χ4v) is 2.15. The molecule has 0 fully saturated rings. The Labute approximate surface area is 122 Å². The molecule has 2 aromatic heterocycles. The molecule has 0 spiro atoms. The van der Waals surface area contributed by atoms with E-state index in [4.69, 9.17) is 0 Å². The van der Waals surface area contributed by atoms with Gasteiger partial charge in [0.1, 0.15) is 11.6 Å². The molecule has 1 unspecified atom stereocenters. The van der Waals surface area contributed by atoms with Gasteiger partial charge in [0.25, 0.3) is 0 Å². The predicted octanol–water partition coefficient (Wildman–Crippen LogP) is 1.92. The topological polar surface area (TPSA) is 75.9 Å². The van der Waals surface area contributed by atoms with Crippen LogP contribution in [0.2, 0.25) is 0 Å². The van der Waals surface area contributed by atoms with Crippen molar-refractivity contribution in [1.29, 1.82) is 0 Å². The number of fused-ring (bicyclic) bond motifs is 1. The summed E-state index contributed by atoms with van der Waals surface area (Å²) >= 11 is 0. The maximum atomic E-state index is 9.41. The summed E-state index contributed by atoms with van der Waals surface area (Å²) in [4.78, 5) is 8.88. The Kier molecular flexibility index (Phi) is 3.53. The van der Waals surface area contributed by atoms with Crippen molar-refractivity contribution >= 4 is 16.9 Å². The number of anilines is 1. The molecule has 3 aromatic rings. The summed E-state index contributed by atoms with van der Waals surface area (Å²) in [7, 11) is 0. The maximum Gasteiger partial charge on any atom is 0.168 e. The van der Waals surface area contributed by atoms with Crippen LogP contribution in [0.3, 0.4) is 0 Å². The third-order valence-corrected chi connectivity index (χ3v) is 3.11. The fraction of sp³-hybridized carbons (Fsp3) is 0.267. The van der Waals surface area contributed by atoms with E-state index in [1.807, 2.05) is 37.3 Å². The van der Waals surface area contributed by atoms with E-state index in [2.05, 4.69) is 20.4 Å². The van der Waals surface area contributed by atoms with Crippen molar-refractivity contribution in [2.24, 2.45) is 0 Å². The number of rotatable bonds is 4. The highest BCUT2D eigenvalue weighted by atomic mass is 16.3. The van der Waals surface area contributed by atoms with Crippen LogP contribution >= 0.6 is 0 Å². The second-order valence-electron chi connectivity index (χ2n) is 4.98. The van der Waals surface area contributed by atoms with E-state index in [0.717, 1.165) is 16.7 Å². The zero-order valence-electron chi connectivity index (χ0n) is 12.0. The van der Waals surface area contributed by atoms with Crippen LogP contribution in [0.1, 0.15) is 12.7 Å². The summed E-state index contributed by atoms with van der Waals surface area (Å²) < 4.78 is 1.79. The molecule has 6 nitrogen and oxygen atoms in total. The van der Waals surface area contributed by atoms with Gasteiger partial charge in [-0.15, -0.1) is 0 Å². The molecule has 6 heteroatoms. The molecule has 0 aliphatic heterocycles. The van der Waals surface area contributed by atoms with Crippen molar-refractivity contribution in [2.75, 3.05) is 11.9 Å². The van der Waals surface area contributed by atoms with Crippen molar-refractivity contribution < 1.29 is 5.11 Å². The van der Waals surface area contributed by atoms with E-state index >= 15 is 0 Å². The lowest BCUT2D eigenvalue weighted by Crippen LogP contribution is -2.16. The van der Waals surface area contributed by atoms with Crippen molar-refractivity contribution in [3.63, 3.8) is 0 Å². The Balaban J connectivity index is 2.10. The molecule has 1 atom stereocenters. The Bertz CT molecular complexity index is 751. The average molecular weight is 283 g/mol. The first-order valence-electron chi connectivity index (χ1n) is 6.85. The van der Waals surface area contributed by atoms with Crippen LogP contribution in [0.25, 0.3) is 16.7 Å². The number of aryl methyl sites for hydroxylation is 1. The molecule has 2 N–H and O–H groups in total. The molecular formula is C15H17N5O. The Morgan fingerprint density at radius 2 is 2.00 bits per heavy atom. The molecule has 2 heterocycles. The molecule has 0 saturated heterocycles. The van der Waals surface area contributed by atoms with Gasteiger partial charge in [-0.2, -0.15) is 5.10 Å². The van der Waals surface area contributed by atoms with Gasteiger partial charge in [-0.05, 0) is 26.0 Å². The number of nitrogens with zero attached hydrogens (tertiary/aromatic N) is 4. The van der Waals surface area contributed by atoms with Crippen LogP contribution in [-0.2, 0) is 0 Å². The zero-order valence-corrected chi connectivity index (χ0v) is 12.0. The summed E-state index contributed by atoms with van der Waals surface area (Å²) in [5, 5.41) is 17.8.